The number of benzene rings is 4. The average Bonchev–Trinajstić information content (AvgIpc) is 3.42. The van der Waals surface area contributed by atoms with E-state index in [0.717, 1.165) is 0 Å². The van der Waals surface area contributed by atoms with E-state index >= 15 is 0 Å². The Bertz CT molecular complexity index is 1620. The molecule has 0 saturated carbocycles. The highest BCUT2D eigenvalue weighted by molar-refractivity contribution is 6.17. The molecule has 6 rings (SSSR count). The zero-order valence-electron chi connectivity index (χ0n) is 22.2. The number of rotatable bonds is 3. The fourth-order valence-corrected chi connectivity index (χ4v) is 4.95. The second-order valence-electron chi connectivity index (χ2n) is 9.07. The highest BCUT2D eigenvalue weighted by atomic mass is 15.0. The predicted molar refractivity (Wildman–Crippen MR) is 169 cm³/mol. The van der Waals surface area contributed by atoms with E-state index < -0.39 is 0 Å². The summed E-state index contributed by atoms with van der Waals surface area (Å²) in [6.07, 6.45) is 11.3. The normalized spacial score (nSPS) is 10.3. The van der Waals surface area contributed by atoms with Gasteiger partial charge in [0, 0.05) is 32.6 Å². The number of hydrogen-bond donors (Lipinski definition) is 0. The topological polar surface area (TPSA) is 9.86 Å². The summed E-state index contributed by atoms with van der Waals surface area (Å²) in [5.41, 5.74) is 6.08. The van der Waals surface area contributed by atoms with Crippen LogP contribution < -0.4 is 0 Å². The van der Waals surface area contributed by atoms with Crippen LogP contribution in [0.3, 0.4) is 0 Å². The van der Waals surface area contributed by atoms with Gasteiger partial charge in [0.15, 0.2) is 0 Å². The van der Waals surface area contributed by atoms with Gasteiger partial charge < -0.3 is 9.13 Å². The molecule has 0 unspecified atom stereocenters. The Hall–Kier alpha value is -4.40. The van der Waals surface area contributed by atoms with Crippen molar-refractivity contribution in [2.75, 3.05) is 0 Å². The molecule has 38 heavy (non-hydrogen) atoms. The van der Waals surface area contributed by atoms with Crippen LogP contribution in [0.5, 0.6) is 0 Å². The van der Waals surface area contributed by atoms with Gasteiger partial charge in [0.05, 0.1) is 24.1 Å². The molecule has 4 aromatic carbocycles. The van der Waals surface area contributed by atoms with Crippen molar-refractivity contribution in [1.82, 2.24) is 9.13 Å². The minimum absolute atomic E-state index is 0. The van der Waals surface area contributed by atoms with Gasteiger partial charge in [-0.2, -0.15) is 0 Å². The molecule has 192 valence electrons. The lowest BCUT2D eigenvalue weighted by molar-refractivity contribution is 0.867. The van der Waals surface area contributed by atoms with Crippen LogP contribution in [0.25, 0.3) is 43.6 Å². The first-order valence-electron chi connectivity index (χ1n) is 13.0. The van der Waals surface area contributed by atoms with Crippen molar-refractivity contribution < 1.29 is 0 Å². The molecule has 2 heterocycles. The number of para-hydroxylation sites is 2. The molecular formula is C36H38N2. The highest BCUT2D eigenvalue weighted by Gasteiger charge is 2.15. The van der Waals surface area contributed by atoms with Gasteiger partial charge in [0.25, 0.3) is 0 Å². The Labute approximate surface area is 227 Å². The zero-order chi connectivity index (χ0) is 26.4. The quantitative estimate of drug-likeness (QED) is 0.215. The Morgan fingerprint density at radius 3 is 1.34 bits per heavy atom. The highest BCUT2D eigenvalue weighted by Crippen LogP contribution is 2.36. The van der Waals surface area contributed by atoms with Crippen LogP contribution in [0.2, 0.25) is 0 Å². The van der Waals surface area contributed by atoms with Crippen LogP contribution in [0, 0.1) is 24.7 Å². The minimum atomic E-state index is 0. The van der Waals surface area contributed by atoms with Crippen LogP contribution in [0.1, 0.15) is 46.6 Å². The number of nitrogens with zero attached hydrogens (tertiary/aromatic N) is 2. The van der Waals surface area contributed by atoms with Gasteiger partial charge in [-0.3, -0.25) is 0 Å². The molecule has 0 bridgehead atoms. The lowest BCUT2D eigenvalue weighted by Crippen LogP contribution is -1.95. The maximum Gasteiger partial charge on any atom is 0.0841 e. The number of fused-ring (bicyclic) bond motifs is 6. The van der Waals surface area contributed by atoms with Crippen molar-refractivity contribution in [3.63, 3.8) is 0 Å². The molecule has 0 aliphatic rings. The van der Waals surface area contributed by atoms with Gasteiger partial charge >= 0.3 is 0 Å². The first-order chi connectivity index (χ1) is 18.1. The van der Waals surface area contributed by atoms with Crippen LogP contribution in [0.15, 0.2) is 91.0 Å². The van der Waals surface area contributed by atoms with Gasteiger partial charge in [0.1, 0.15) is 0 Å². The van der Waals surface area contributed by atoms with Gasteiger partial charge in [-0.15, -0.1) is 12.8 Å². The third kappa shape index (κ3) is 5.18. The third-order valence-electron chi connectivity index (χ3n) is 6.63. The third-order valence-corrected chi connectivity index (χ3v) is 6.63. The summed E-state index contributed by atoms with van der Waals surface area (Å²) in [5.74, 6) is 6.25. The second kappa shape index (κ2) is 12.7. The Morgan fingerprint density at radius 2 is 0.974 bits per heavy atom. The number of terminal acetylenes is 2. The molecule has 0 aliphatic heterocycles. The summed E-state index contributed by atoms with van der Waals surface area (Å²) in [6.45, 7) is 9.52. The summed E-state index contributed by atoms with van der Waals surface area (Å²) in [6, 6.07) is 31.9. The SMILES string of the molecule is C.C#CCn1c2ccccc2c2cc3c(cc21)c1ccccc1n3CC#C.CC.CC(C)c1ccccc1. The van der Waals surface area contributed by atoms with Crippen LogP contribution >= 0.6 is 0 Å². The van der Waals surface area contributed by atoms with Crippen LogP contribution in [0.4, 0.5) is 0 Å². The summed E-state index contributed by atoms with van der Waals surface area (Å²) in [7, 11) is 0. The van der Waals surface area contributed by atoms with E-state index in [2.05, 4.69) is 120 Å². The van der Waals surface area contributed by atoms with E-state index in [1.165, 1.54) is 49.2 Å². The molecule has 0 N–H and O–H groups in total. The molecule has 0 aliphatic carbocycles. The van der Waals surface area contributed by atoms with Crippen molar-refractivity contribution in [3.05, 3.63) is 96.6 Å². The lowest BCUT2D eigenvalue weighted by atomic mass is 10.0. The van der Waals surface area contributed by atoms with Crippen molar-refractivity contribution in [3.8, 4) is 24.7 Å². The van der Waals surface area contributed by atoms with E-state index in [4.69, 9.17) is 12.8 Å². The molecule has 0 radical (unpaired) electrons. The lowest BCUT2D eigenvalue weighted by Gasteiger charge is -2.04. The largest absolute Gasteiger partial charge is 0.329 e. The molecule has 2 nitrogen and oxygen atoms in total. The smallest absolute Gasteiger partial charge is 0.0841 e. The van der Waals surface area contributed by atoms with E-state index in [1.54, 1.807) is 0 Å². The van der Waals surface area contributed by atoms with Crippen molar-refractivity contribution in [2.45, 2.75) is 54.1 Å². The van der Waals surface area contributed by atoms with E-state index in [-0.39, 0.29) is 7.43 Å². The average molecular weight is 499 g/mol. The molecule has 0 amide bonds. The van der Waals surface area contributed by atoms with Gasteiger partial charge in [-0.05, 0) is 35.7 Å². The summed E-state index contributed by atoms with van der Waals surface area (Å²) < 4.78 is 4.44. The first-order valence-corrected chi connectivity index (χ1v) is 13.0. The summed E-state index contributed by atoms with van der Waals surface area (Å²) >= 11 is 0. The maximum absolute atomic E-state index is 5.65. The number of hydrogen-bond acceptors (Lipinski definition) is 0. The van der Waals surface area contributed by atoms with Crippen LogP contribution in [-0.2, 0) is 13.1 Å². The molecule has 2 heteroatoms. The predicted octanol–water partition coefficient (Wildman–Crippen LogP) is 9.64. The van der Waals surface area contributed by atoms with E-state index in [9.17, 15) is 0 Å². The standard InChI is InChI=1S/C24H16N2.C9H12.C2H6.CH4/c1-3-13-25-21-11-7-5-9-17(21)19-16-24-20(15-23(19)25)18-10-6-8-12-22(18)26(24)14-4-2;1-8(2)9-6-4-3-5-7-9;1-2;/h1-2,5-12,15-16H,13-14H2;3-8H,1-2H3;1-2H3;1H4. The number of aromatic nitrogens is 2. The molecule has 0 saturated heterocycles. The molecular weight excluding hydrogens is 460 g/mol. The molecule has 6 aromatic rings. The van der Waals surface area contributed by atoms with Gasteiger partial charge in [-0.1, -0.05) is 114 Å². The van der Waals surface area contributed by atoms with Crippen molar-refractivity contribution in [1.29, 1.82) is 0 Å². The van der Waals surface area contributed by atoms with Crippen LogP contribution in [-0.4, -0.2) is 9.13 Å². The molecule has 0 spiro atoms. The maximum atomic E-state index is 5.65. The van der Waals surface area contributed by atoms with E-state index in [1.807, 2.05) is 19.9 Å². The van der Waals surface area contributed by atoms with E-state index in [0.29, 0.717) is 19.0 Å². The second-order valence-corrected chi connectivity index (χ2v) is 9.07. The first kappa shape index (κ1) is 28.2. The summed E-state index contributed by atoms with van der Waals surface area (Å²) in [4.78, 5) is 0. The Morgan fingerprint density at radius 1 is 0.579 bits per heavy atom. The summed E-state index contributed by atoms with van der Waals surface area (Å²) in [5, 5.41) is 4.86. The Kier molecular flexibility index (Phi) is 9.43. The van der Waals surface area contributed by atoms with Gasteiger partial charge in [-0.25, -0.2) is 0 Å². The minimum Gasteiger partial charge on any atom is -0.329 e. The molecule has 0 fully saturated rings. The molecule has 0 atom stereocenters. The van der Waals surface area contributed by atoms with Crippen molar-refractivity contribution in [2.24, 2.45) is 0 Å². The molecule has 2 aromatic heterocycles. The van der Waals surface area contributed by atoms with Crippen molar-refractivity contribution >= 4 is 43.6 Å². The Balaban J connectivity index is 0.000000284. The monoisotopic (exact) mass is 498 g/mol. The fourth-order valence-electron chi connectivity index (χ4n) is 4.95. The van der Waals surface area contributed by atoms with Gasteiger partial charge in [0.2, 0.25) is 0 Å². The zero-order valence-corrected chi connectivity index (χ0v) is 22.2. The fraction of sp³-hybridized carbons (Fsp3) is 0.222.